The summed E-state index contributed by atoms with van der Waals surface area (Å²) in [6.07, 6.45) is 0.311. The van der Waals surface area contributed by atoms with Crippen molar-refractivity contribution in [3.05, 3.63) is 71.8 Å². The Hall–Kier alpha value is -2.70. The maximum atomic E-state index is 10.2. The maximum absolute atomic E-state index is 10.2. The van der Waals surface area contributed by atoms with Crippen molar-refractivity contribution in [2.45, 2.75) is 45.8 Å². The molecule has 0 heterocycles. The van der Waals surface area contributed by atoms with Crippen LogP contribution in [0.15, 0.2) is 60.7 Å². The van der Waals surface area contributed by atoms with Crippen LogP contribution in [0.1, 0.15) is 54.8 Å². The van der Waals surface area contributed by atoms with Crippen LogP contribution in [0.5, 0.6) is 0 Å². The van der Waals surface area contributed by atoms with Gasteiger partial charge in [0.05, 0.1) is 22.8 Å². The van der Waals surface area contributed by atoms with Gasteiger partial charge in [-0.15, -0.1) is 0 Å². The molecular formula is C22H30O6. The standard InChI is InChI=1S/C8H18O2.2C7H6O2/c1-5-7(9)6(2)8(3,4)10;2*8-7(9)6-4-2-1-3-5-6/h6-7,9-10H,5H2,1-4H3;2*1-5H,(H,8,9). The molecule has 0 aromatic heterocycles. The van der Waals surface area contributed by atoms with Gasteiger partial charge >= 0.3 is 11.9 Å². The van der Waals surface area contributed by atoms with Gasteiger partial charge in [0.15, 0.2) is 0 Å². The molecule has 0 aliphatic heterocycles. The van der Waals surface area contributed by atoms with Crippen molar-refractivity contribution in [2.24, 2.45) is 5.92 Å². The molecule has 4 N–H and O–H groups in total. The quantitative estimate of drug-likeness (QED) is 0.615. The van der Waals surface area contributed by atoms with Crippen molar-refractivity contribution in [1.29, 1.82) is 0 Å². The molecule has 0 aliphatic carbocycles. The minimum Gasteiger partial charge on any atom is -0.478 e. The molecule has 2 aromatic carbocycles. The van der Waals surface area contributed by atoms with Crippen LogP contribution in [0, 0.1) is 5.92 Å². The minimum absolute atomic E-state index is 0.0579. The number of carboxylic acids is 2. The van der Waals surface area contributed by atoms with E-state index in [2.05, 4.69) is 0 Å². The van der Waals surface area contributed by atoms with Crippen LogP contribution < -0.4 is 0 Å². The van der Waals surface area contributed by atoms with Gasteiger partial charge in [-0.2, -0.15) is 0 Å². The molecule has 2 atom stereocenters. The van der Waals surface area contributed by atoms with E-state index in [1.807, 2.05) is 13.8 Å². The van der Waals surface area contributed by atoms with E-state index in [0.29, 0.717) is 17.5 Å². The Labute approximate surface area is 166 Å². The average Bonchev–Trinajstić information content (AvgIpc) is 2.68. The second-order valence-electron chi connectivity index (χ2n) is 6.76. The molecule has 6 nitrogen and oxygen atoms in total. The number of carboxylic acid groups (broad SMARTS) is 2. The molecule has 2 aromatic rings. The lowest BCUT2D eigenvalue weighted by Crippen LogP contribution is -2.36. The number of hydrogen-bond acceptors (Lipinski definition) is 4. The number of benzene rings is 2. The zero-order valence-corrected chi connectivity index (χ0v) is 16.7. The minimum atomic E-state index is -0.879. The van der Waals surface area contributed by atoms with Crippen LogP contribution >= 0.6 is 0 Å². The van der Waals surface area contributed by atoms with Crippen molar-refractivity contribution in [3.63, 3.8) is 0 Å². The van der Waals surface area contributed by atoms with Crippen molar-refractivity contribution in [2.75, 3.05) is 0 Å². The molecule has 2 unspecified atom stereocenters. The second kappa shape index (κ2) is 12.6. The molecule has 0 radical (unpaired) electrons. The number of hydrogen-bond donors (Lipinski definition) is 4. The Morgan fingerprint density at radius 2 is 1.18 bits per heavy atom. The van der Waals surface area contributed by atoms with Gasteiger partial charge in [0, 0.05) is 5.92 Å². The van der Waals surface area contributed by atoms with E-state index in [1.54, 1.807) is 74.5 Å². The summed E-state index contributed by atoms with van der Waals surface area (Å²) in [7, 11) is 0. The largest absolute Gasteiger partial charge is 0.478 e. The Morgan fingerprint density at radius 3 is 1.32 bits per heavy atom. The SMILES string of the molecule is CCC(O)C(C)C(C)(C)O.O=C(O)c1ccccc1.O=C(O)c1ccccc1. The summed E-state index contributed by atoms with van der Waals surface area (Å²) in [5, 5.41) is 35.5. The number of aliphatic hydroxyl groups excluding tert-OH is 1. The van der Waals surface area contributed by atoms with Crippen LogP contribution in [-0.4, -0.2) is 44.1 Å². The smallest absolute Gasteiger partial charge is 0.335 e. The first-order chi connectivity index (χ1) is 13.0. The summed E-state index contributed by atoms with van der Waals surface area (Å²) in [6, 6.07) is 16.6. The van der Waals surface area contributed by atoms with Gasteiger partial charge in [-0.1, -0.05) is 50.2 Å². The molecule has 2 rings (SSSR count). The summed E-state index contributed by atoms with van der Waals surface area (Å²) in [6.45, 7) is 7.20. The highest BCUT2D eigenvalue weighted by Crippen LogP contribution is 2.20. The summed E-state index contributed by atoms with van der Waals surface area (Å²) in [4.78, 5) is 20.4. The van der Waals surface area contributed by atoms with Gasteiger partial charge in [-0.3, -0.25) is 0 Å². The van der Waals surface area contributed by atoms with E-state index in [4.69, 9.17) is 10.2 Å². The lowest BCUT2D eigenvalue weighted by molar-refractivity contribution is -0.0386. The van der Waals surface area contributed by atoms with Crippen molar-refractivity contribution >= 4 is 11.9 Å². The highest BCUT2D eigenvalue weighted by molar-refractivity contribution is 5.87. The molecule has 0 fully saturated rings. The van der Waals surface area contributed by atoms with E-state index >= 15 is 0 Å². The third-order valence-corrected chi connectivity index (χ3v) is 4.15. The molecular weight excluding hydrogens is 360 g/mol. The summed E-state index contributed by atoms with van der Waals surface area (Å²) in [5.41, 5.74) is -0.106. The maximum Gasteiger partial charge on any atom is 0.335 e. The predicted molar refractivity (Wildman–Crippen MR) is 109 cm³/mol. The highest BCUT2D eigenvalue weighted by Gasteiger charge is 2.27. The van der Waals surface area contributed by atoms with Gasteiger partial charge in [-0.25, -0.2) is 9.59 Å². The van der Waals surface area contributed by atoms with Gasteiger partial charge in [0.2, 0.25) is 0 Å². The lowest BCUT2D eigenvalue weighted by atomic mass is 9.87. The average molecular weight is 390 g/mol. The zero-order valence-electron chi connectivity index (χ0n) is 16.7. The van der Waals surface area contributed by atoms with Crippen molar-refractivity contribution < 1.29 is 30.0 Å². The molecule has 0 bridgehead atoms. The van der Waals surface area contributed by atoms with Crippen LogP contribution in [0.4, 0.5) is 0 Å². The molecule has 0 aliphatic rings. The molecule has 28 heavy (non-hydrogen) atoms. The van der Waals surface area contributed by atoms with E-state index in [1.165, 1.54) is 0 Å². The first kappa shape index (κ1) is 25.3. The third-order valence-electron chi connectivity index (χ3n) is 4.15. The van der Waals surface area contributed by atoms with Crippen molar-refractivity contribution in [1.82, 2.24) is 0 Å². The Balaban J connectivity index is 0.000000391. The Morgan fingerprint density at radius 1 is 0.857 bits per heavy atom. The Kier molecular flexibility index (Phi) is 11.4. The molecule has 0 amide bonds. The van der Waals surface area contributed by atoms with Gasteiger partial charge in [-0.05, 0) is 44.5 Å². The van der Waals surface area contributed by atoms with Gasteiger partial charge in [0.1, 0.15) is 0 Å². The Bertz CT molecular complexity index is 642. The first-order valence-electron chi connectivity index (χ1n) is 8.97. The van der Waals surface area contributed by atoms with E-state index in [0.717, 1.165) is 0 Å². The van der Waals surface area contributed by atoms with Crippen LogP contribution in [0.2, 0.25) is 0 Å². The number of carbonyl (C=O) groups is 2. The molecule has 6 heteroatoms. The monoisotopic (exact) mass is 390 g/mol. The summed E-state index contributed by atoms with van der Waals surface area (Å²) < 4.78 is 0. The zero-order chi connectivity index (χ0) is 21.7. The van der Waals surface area contributed by atoms with Gasteiger partial charge in [0.25, 0.3) is 0 Å². The van der Waals surface area contributed by atoms with E-state index in [9.17, 15) is 19.8 Å². The number of rotatable bonds is 5. The number of aromatic carboxylic acids is 2. The lowest BCUT2D eigenvalue weighted by Gasteiger charge is -2.29. The third kappa shape index (κ3) is 10.4. The fraction of sp³-hybridized carbons (Fsp3) is 0.364. The normalized spacial score (nSPS) is 12.4. The van der Waals surface area contributed by atoms with Crippen LogP contribution in [0.3, 0.4) is 0 Å². The first-order valence-corrected chi connectivity index (χ1v) is 8.97. The van der Waals surface area contributed by atoms with Crippen LogP contribution in [-0.2, 0) is 0 Å². The van der Waals surface area contributed by atoms with E-state index < -0.39 is 17.5 Å². The fourth-order valence-corrected chi connectivity index (χ4v) is 1.99. The molecule has 0 saturated carbocycles. The number of aliphatic hydroxyl groups is 2. The molecule has 0 spiro atoms. The molecule has 154 valence electrons. The summed E-state index contributed by atoms with van der Waals surface area (Å²) >= 11 is 0. The predicted octanol–water partition coefficient (Wildman–Crippen LogP) is 3.93. The highest BCUT2D eigenvalue weighted by atomic mass is 16.4. The summed E-state index contributed by atoms with van der Waals surface area (Å²) in [5.74, 6) is -1.82. The van der Waals surface area contributed by atoms with Gasteiger partial charge < -0.3 is 20.4 Å². The van der Waals surface area contributed by atoms with E-state index in [-0.39, 0.29) is 12.0 Å². The van der Waals surface area contributed by atoms with Crippen LogP contribution in [0.25, 0.3) is 0 Å². The second-order valence-corrected chi connectivity index (χ2v) is 6.76. The topological polar surface area (TPSA) is 115 Å². The van der Waals surface area contributed by atoms with Crippen molar-refractivity contribution in [3.8, 4) is 0 Å². The fourth-order valence-electron chi connectivity index (χ4n) is 1.99. The molecule has 0 saturated heterocycles.